The van der Waals surface area contributed by atoms with E-state index in [0.717, 1.165) is 0 Å². The fourth-order valence-corrected chi connectivity index (χ4v) is 5.11. The first-order valence-electron chi connectivity index (χ1n) is 8.01. The van der Waals surface area contributed by atoms with E-state index in [1.807, 2.05) is 0 Å². The van der Waals surface area contributed by atoms with Gasteiger partial charge in [-0.15, -0.1) is 0 Å². The van der Waals surface area contributed by atoms with Gasteiger partial charge in [0.1, 0.15) is 0 Å². The molecular weight excluding hydrogens is 418 g/mol. The summed E-state index contributed by atoms with van der Waals surface area (Å²) in [6.45, 7) is 0. The second-order valence-corrected chi connectivity index (χ2v) is 8.07. The van der Waals surface area contributed by atoms with E-state index in [-0.39, 0.29) is 21.6 Å². The van der Waals surface area contributed by atoms with Crippen LogP contribution in [-0.4, -0.2) is 8.42 Å². The molecule has 1 heterocycles. The number of halogens is 6. The fourth-order valence-electron chi connectivity index (χ4n) is 3.25. The molecule has 0 aliphatic carbocycles. The van der Waals surface area contributed by atoms with Crippen LogP contribution in [0.4, 0.5) is 26.3 Å². The second-order valence-electron chi connectivity index (χ2n) is 6.21. The quantitative estimate of drug-likeness (QED) is 0.416. The second kappa shape index (κ2) is 6.48. The SMILES string of the molecule is O=S1(=O)C(c2cc(F)c(F)c(F)c2)=C(c2cc(F)c(F)c(F)c2)c2ccccc21. The Morgan fingerprint density at radius 3 is 1.59 bits per heavy atom. The molecule has 0 bridgehead atoms. The highest BCUT2D eigenvalue weighted by Crippen LogP contribution is 2.47. The van der Waals surface area contributed by atoms with Crippen molar-refractivity contribution in [1.82, 2.24) is 0 Å². The van der Waals surface area contributed by atoms with E-state index >= 15 is 0 Å². The van der Waals surface area contributed by atoms with E-state index in [0.29, 0.717) is 24.3 Å². The number of hydrogen-bond donors (Lipinski definition) is 0. The third kappa shape index (κ3) is 2.84. The van der Waals surface area contributed by atoms with E-state index in [1.54, 1.807) is 0 Å². The molecule has 0 saturated carbocycles. The molecule has 1 aliphatic heterocycles. The van der Waals surface area contributed by atoms with Crippen molar-refractivity contribution in [1.29, 1.82) is 0 Å². The van der Waals surface area contributed by atoms with Crippen molar-refractivity contribution in [2.24, 2.45) is 0 Å². The Morgan fingerprint density at radius 2 is 1.07 bits per heavy atom. The highest BCUT2D eigenvalue weighted by molar-refractivity contribution is 8.01. The average Bonchev–Trinajstić information content (AvgIpc) is 2.91. The molecule has 1 aliphatic rings. The van der Waals surface area contributed by atoms with E-state index in [9.17, 15) is 34.8 Å². The molecular formula is C20H8F6O2S. The van der Waals surface area contributed by atoms with Gasteiger partial charge in [-0.2, -0.15) is 0 Å². The summed E-state index contributed by atoms with van der Waals surface area (Å²) in [4.78, 5) is -0.956. The molecule has 0 atom stereocenters. The lowest BCUT2D eigenvalue weighted by molar-refractivity contribution is 0.446. The maximum atomic E-state index is 13.8. The summed E-state index contributed by atoms with van der Waals surface area (Å²) >= 11 is 0. The molecule has 0 radical (unpaired) electrons. The molecule has 9 heteroatoms. The smallest absolute Gasteiger partial charge is 0.208 e. The van der Waals surface area contributed by atoms with E-state index < -0.39 is 55.2 Å². The first-order chi connectivity index (χ1) is 13.6. The van der Waals surface area contributed by atoms with Crippen molar-refractivity contribution >= 4 is 20.3 Å². The molecule has 3 aromatic rings. The third-order valence-corrected chi connectivity index (χ3v) is 6.37. The number of sulfone groups is 1. The summed E-state index contributed by atoms with van der Waals surface area (Å²) in [6, 6.07) is 7.42. The Labute approximate surface area is 160 Å². The zero-order valence-electron chi connectivity index (χ0n) is 14.1. The van der Waals surface area contributed by atoms with Gasteiger partial charge in [0.2, 0.25) is 9.84 Å². The maximum absolute atomic E-state index is 13.8. The molecule has 0 saturated heterocycles. The van der Waals surface area contributed by atoms with Gasteiger partial charge in [0.25, 0.3) is 0 Å². The number of benzene rings is 3. The van der Waals surface area contributed by atoms with Crippen molar-refractivity contribution in [3.05, 3.63) is 100 Å². The summed E-state index contributed by atoms with van der Waals surface area (Å²) in [5.74, 6) is -10.0. The molecule has 0 aromatic heterocycles. The van der Waals surface area contributed by atoms with Gasteiger partial charge in [0.15, 0.2) is 34.9 Å². The normalized spacial score (nSPS) is 15.0. The van der Waals surface area contributed by atoms with Gasteiger partial charge in [-0.25, -0.2) is 34.8 Å². The highest BCUT2D eigenvalue weighted by atomic mass is 32.2. The largest absolute Gasteiger partial charge is 0.218 e. The van der Waals surface area contributed by atoms with Crippen LogP contribution in [0, 0.1) is 34.9 Å². The number of rotatable bonds is 2. The lowest BCUT2D eigenvalue weighted by atomic mass is 9.95. The Bertz CT molecular complexity index is 1280. The Hall–Kier alpha value is -3.07. The predicted octanol–water partition coefficient (Wildman–Crippen LogP) is 5.23. The summed E-state index contributed by atoms with van der Waals surface area (Å²) in [7, 11) is -4.39. The van der Waals surface area contributed by atoms with Gasteiger partial charge >= 0.3 is 0 Å². The first-order valence-corrected chi connectivity index (χ1v) is 9.50. The lowest BCUT2D eigenvalue weighted by Gasteiger charge is -2.10. The van der Waals surface area contributed by atoms with Crippen molar-refractivity contribution in [2.45, 2.75) is 4.90 Å². The van der Waals surface area contributed by atoms with Crippen molar-refractivity contribution in [3.63, 3.8) is 0 Å². The van der Waals surface area contributed by atoms with Crippen LogP contribution in [0.1, 0.15) is 16.7 Å². The highest BCUT2D eigenvalue weighted by Gasteiger charge is 2.38. The minimum atomic E-state index is -4.39. The molecule has 148 valence electrons. The van der Waals surface area contributed by atoms with E-state index in [2.05, 4.69) is 0 Å². The van der Waals surface area contributed by atoms with Crippen LogP contribution in [0.3, 0.4) is 0 Å². The summed E-state index contributed by atoms with van der Waals surface area (Å²) in [6.07, 6.45) is 0. The summed E-state index contributed by atoms with van der Waals surface area (Å²) in [5.41, 5.74) is -1.21. The van der Waals surface area contributed by atoms with Gasteiger partial charge in [0, 0.05) is 16.7 Å². The third-order valence-electron chi connectivity index (χ3n) is 4.46. The molecule has 2 nitrogen and oxygen atoms in total. The fraction of sp³-hybridized carbons (Fsp3) is 0. The number of hydrogen-bond acceptors (Lipinski definition) is 2. The van der Waals surface area contributed by atoms with Gasteiger partial charge in [0.05, 0.1) is 9.80 Å². The van der Waals surface area contributed by atoms with Crippen LogP contribution in [0.25, 0.3) is 10.5 Å². The van der Waals surface area contributed by atoms with Crippen LogP contribution >= 0.6 is 0 Å². The van der Waals surface area contributed by atoms with Crippen LogP contribution in [0.15, 0.2) is 53.4 Å². The molecule has 4 rings (SSSR count). The van der Waals surface area contributed by atoms with Crippen molar-refractivity contribution in [2.75, 3.05) is 0 Å². The molecule has 0 amide bonds. The first kappa shape index (κ1) is 19.3. The van der Waals surface area contributed by atoms with Crippen molar-refractivity contribution < 1.29 is 34.8 Å². The van der Waals surface area contributed by atoms with Crippen LogP contribution in [0.5, 0.6) is 0 Å². The summed E-state index contributed by atoms with van der Waals surface area (Å²) < 4.78 is 108. The average molecular weight is 426 g/mol. The van der Waals surface area contributed by atoms with Crippen LogP contribution < -0.4 is 0 Å². The standard InChI is InChI=1S/C20H8F6O2S/c21-12-5-9(6-13(22)18(12)25)17-11-3-1-2-4-16(11)29(27,28)20(17)10-7-14(23)19(26)15(24)8-10/h1-8H. The molecule has 0 fully saturated rings. The number of fused-ring (bicyclic) bond motifs is 1. The van der Waals surface area contributed by atoms with Gasteiger partial charge in [-0.05, 0) is 35.9 Å². The molecule has 29 heavy (non-hydrogen) atoms. The summed E-state index contributed by atoms with van der Waals surface area (Å²) in [5, 5.41) is 0. The van der Waals surface area contributed by atoms with Gasteiger partial charge in [-0.3, -0.25) is 0 Å². The van der Waals surface area contributed by atoms with Crippen molar-refractivity contribution in [3.8, 4) is 0 Å². The van der Waals surface area contributed by atoms with Crippen LogP contribution in [-0.2, 0) is 9.84 Å². The Morgan fingerprint density at radius 1 is 0.621 bits per heavy atom. The zero-order valence-corrected chi connectivity index (χ0v) is 14.9. The minimum Gasteiger partial charge on any atom is -0.218 e. The maximum Gasteiger partial charge on any atom is 0.208 e. The van der Waals surface area contributed by atoms with E-state index in [1.165, 1.54) is 24.3 Å². The molecule has 0 unspecified atom stereocenters. The zero-order chi connectivity index (χ0) is 21.1. The Balaban J connectivity index is 2.15. The predicted molar refractivity (Wildman–Crippen MR) is 92.2 cm³/mol. The minimum absolute atomic E-state index is 0.00181. The van der Waals surface area contributed by atoms with Gasteiger partial charge < -0.3 is 0 Å². The monoisotopic (exact) mass is 426 g/mol. The molecule has 0 N–H and O–H groups in total. The lowest BCUT2D eigenvalue weighted by Crippen LogP contribution is -2.03. The Kier molecular flexibility index (Phi) is 4.30. The molecule has 3 aromatic carbocycles. The topological polar surface area (TPSA) is 34.1 Å². The molecule has 0 spiro atoms. The van der Waals surface area contributed by atoms with Gasteiger partial charge in [-0.1, -0.05) is 18.2 Å². The van der Waals surface area contributed by atoms with Crippen LogP contribution in [0.2, 0.25) is 0 Å². The van der Waals surface area contributed by atoms with E-state index in [4.69, 9.17) is 0 Å².